The molecule has 1 aliphatic rings. The number of morpholine rings is 1. The maximum Gasteiger partial charge on any atom is 0.224 e. The molecule has 0 spiro atoms. The lowest BCUT2D eigenvalue weighted by Gasteiger charge is -2.23. The summed E-state index contributed by atoms with van der Waals surface area (Å²) in [5.41, 5.74) is 0.692. The van der Waals surface area contributed by atoms with E-state index in [-0.39, 0.29) is 12.3 Å². The van der Waals surface area contributed by atoms with E-state index >= 15 is 0 Å². The summed E-state index contributed by atoms with van der Waals surface area (Å²) in [4.78, 5) is 13.5. The van der Waals surface area contributed by atoms with E-state index in [1.165, 1.54) is 0 Å². The van der Waals surface area contributed by atoms with Gasteiger partial charge in [0.25, 0.3) is 0 Å². The molecule has 21 heavy (non-hydrogen) atoms. The van der Waals surface area contributed by atoms with Gasteiger partial charge in [-0.15, -0.1) is 0 Å². The molecule has 4 nitrogen and oxygen atoms in total. The summed E-state index contributed by atoms with van der Waals surface area (Å²) in [5.74, 6) is -0.0398. The van der Waals surface area contributed by atoms with Crippen molar-refractivity contribution in [3.05, 3.63) is 33.8 Å². The van der Waals surface area contributed by atoms with Gasteiger partial charge < -0.3 is 15.0 Å². The Kier molecular flexibility index (Phi) is 6.77. The van der Waals surface area contributed by atoms with Crippen LogP contribution in [0.1, 0.15) is 12.0 Å². The molecule has 1 fully saturated rings. The summed E-state index contributed by atoms with van der Waals surface area (Å²) in [6.07, 6.45) is 1.19. The third-order valence-electron chi connectivity index (χ3n) is 3.63. The maximum atomic E-state index is 11.9. The third kappa shape index (κ3) is 5.47. The van der Waals surface area contributed by atoms with Crippen molar-refractivity contribution in [2.45, 2.75) is 12.8 Å². The van der Waals surface area contributed by atoms with Crippen molar-refractivity contribution in [1.29, 1.82) is 0 Å². The Morgan fingerprint density at radius 3 is 2.57 bits per heavy atom. The predicted molar refractivity (Wildman–Crippen MR) is 84.2 cm³/mol. The first-order valence-corrected chi connectivity index (χ1v) is 8.03. The van der Waals surface area contributed by atoms with E-state index in [1.807, 2.05) is 0 Å². The molecule has 0 aromatic heterocycles. The van der Waals surface area contributed by atoms with E-state index in [9.17, 15) is 4.79 Å². The minimum atomic E-state index is -0.0398. The van der Waals surface area contributed by atoms with Gasteiger partial charge in [-0.1, -0.05) is 29.3 Å². The molecule has 0 aliphatic carbocycles. The summed E-state index contributed by atoms with van der Waals surface area (Å²) in [6.45, 7) is 5.55. The van der Waals surface area contributed by atoms with Gasteiger partial charge >= 0.3 is 0 Å². The predicted octanol–water partition coefficient (Wildman–Crippen LogP) is 0.957. The zero-order chi connectivity index (χ0) is 15.1. The van der Waals surface area contributed by atoms with Crippen molar-refractivity contribution in [1.82, 2.24) is 5.32 Å². The largest absolute Gasteiger partial charge is 0.370 e. The summed E-state index contributed by atoms with van der Waals surface area (Å²) in [7, 11) is 0. The Morgan fingerprint density at radius 2 is 1.90 bits per heavy atom. The molecule has 1 aromatic rings. The zero-order valence-electron chi connectivity index (χ0n) is 12.0. The first-order chi connectivity index (χ1) is 10.2. The maximum absolute atomic E-state index is 11.9. The Balaban J connectivity index is 1.67. The number of carbonyl (C=O) groups is 1. The lowest BCUT2D eigenvalue weighted by molar-refractivity contribution is -0.908. The van der Waals surface area contributed by atoms with Crippen LogP contribution >= 0.6 is 23.2 Å². The Hall–Kier alpha value is -0.810. The van der Waals surface area contributed by atoms with Crippen LogP contribution in [0.3, 0.4) is 0 Å². The summed E-state index contributed by atoms with van der Waals surface area (Å²) < 4.78 is 5.32. The molecule has 0 unspecified atom stereocenters. The Morgan fingerprint density at radius 1 is 1.24 bits per heavy atom. The second kappa shape index (κ2) is 8.59. The van der Waals surface area contributed by atoms with Gasteiger partial charge in [0.2, 0.25) is 5.91 Å². The SMILES string of the molecule is O=C(Cc1c(Cl)cccc1Cl)NCCC[NH+]1CCOCC1. The molecule has 2 N–H and O–H groups in total. The highest BCUT2D eigenvalue weighted by Gasteiger charge is 2.13. The van der Waals surface area contributed by atoms with Crippen LogP contribution in [0.2, 0.25) is 10.0 Å². The average Bonchev–Trinajstić information content (AvgIpc) is 2.49. The Labute approximate surface area is 135 Å². The second-order valence-corrected chi connectivity index (χ2v) is 6.01. The number of nitrogens with one attached hydrogen (secondary N) is 2. The number of quaternary nitrogens is 1. The fourth-order valence-corrected chi connectivity index (χ4v) is 2.93. The molecule has 1 aromatic carbocycles. The van der Waals surface area contributed by atoms with Crippen molar-refractivity contribution in [3.63, 3.8) is 0 Å². The van der Waals surface area contributed by atoms with Crippen LogP contribution < -0.4 is 10.2 Å². The topological polar surface area (TPSA) is 42.8 Å². The van der Waals surface area contributed by atoms with Crippen LogP contribution in [0, 0.1) is 0 Å². The molecule has 0 atom stereocenters. The van der Waals surface area contributed by atoms with Crippen molar-refractivity contribution < 1.29 is 14.4 Å². The molecule has 6 heteroatoms. The van der Waals surface area contributed by atoms with Crippen LogP contribution in [0.4, 0.5) is 0 Å². The van der Waals surface area contributed by atoms with Crippen LogP contribution in [-0.2, 0) is 16.0 Å². The fraction of sp³-hybridized carbons (Fsp3) is 0.533. The Bertz CT molecular complexity index is 456. The monoisotopic (exact) mass is 331 g/mol. The molecule has 1 saturated heterocycles. The summed E-state index contributed by atoms with van der Waals surface area (Å²) >= 11 is 12.1. The molecular formula is C15H21Cl2N2O2+. The van der Waals surface area contributed by atoms with Gasteiger partial charge in [0, 0.05) is 23.0 Å². The van der Waals surface area contributed by atoms with E-state index in [0.717, 1.165) is 39.3 Å². The molecule has 1 aliphatic heterocycles. The summed E-state index contributed by atoms with van der Waals surface area (Å²) in [6, 6.07) is 5.27. The number of rotatable bonds is 6. The van der Waals surface area contributed by atoms with Crippen molar-refractivity contribution in [3.8, 4) is 0 Å². The van der Waals surface area contributed by atoms with Crippen molar-refractivity contribution >= 4 is 29.1 Å². The molecule has 1 amide bonds. The normalized spacial score (nSPS) is 15.9. The average molecular weight is 332 g/mol. The number of ether oxygens (including phenoxy) is 1. The highest BCUT2D eigenvalue weighted by Crippen LogP contribution is 2.24. The van der Waals surface area contributed by atoms with Crippen LogP contribution in [0.25, 0.3) is 0 Å². The van der Waals surface area contributed by atoms with E-state index in [1.54, 1.807) is 23.1 Å². The number of halogens is 2. The van der Waals surface area contributed by atoms with Gasteiger partial charge in [0.15, 0.2) is 0 Å². The first kappa shape index (κ1) is 16.6. The number of benzene rings is 1. The first-order valence-electron chi connectivity index (χ1n) is 7.27. The highest BCUT2D eigenvalue weighted by atomic mass is 35.5. The minimum Gasteiger partial charge on any atom is -0.370 e. The van der Waals surface area contributed by atoms with Gasteiger partial charge in [0.05, 0.1) is 26.2 Å². The van der Waals surface area contributed by atoms with Gasteiger partial charge in [-0.2, -0.15) is 0 Å². The number of hydrogen-bond donors (Lipinski definition) is 2. The van der Waals surface area contributed by atoms with Crippen molar-refractivity contribution in [2.75, 3.05) is 39.4 Å². The molecular weight excluding hydrogens is 311 g/mol. The minimum absolute atomic E-state index is 0.0398. The molecule has 2 rings (SSSR count). The van der Waals surface area contributed by atoms with Crippen LogP contribution in [-0.4, -0.2) is 45.3 Å². The second-order valence-electron chi connectivity index (χ2n) is 5.19. The van der Waals surface area contributed by atoms with Gasteiger partial charge in [-0.25, -0.2) is 0 Å². The molecule has 0 saturated carbocycles. The standard InChI is InChI=1S/C15H20Cl2N2O2/c16-13-3-1-4-14(17)12(13)11-15(20)18-5-2-6-19-7-9-21-10-8-19/h1,3-4H,2,5-11H2,(H,18,20)/p+1. The fourth-order valence-electron chi connectivity index (χ4n) is 2.40. The van der Waals surface area contributed by atoms with Crippen LogP contribution in [0.15, 0.2) is 18.2 Å². The lowest BCUT2D eigenvalue weighted by atomic mass is 10.1. The van der Waals surface area contributed by atoms with Crippen molar-refractivity contribution in [2.24, 2.45) is 0 Å². The lowest BCUT2D eigenvalue weighted by Crippen LogP contribution is -3.14. The van der Waals surface area contributed by atoms with Crippen LogP contribution in [0.5, 0.6) is 0 Å². The number of amides is 1. The highest BCUT2D eigenvalue weighted by molar-refractivity contribution is 6.36. The number of hydrogen-bond acceptors (Lipinski definition) is 2. The molecule has 1 heterocycles. The van der Waals surface area contributed by atoms with Gasteiger partial charge in [-0.3, -0.25) is 4.79 Å². The number of carbonyl (C=O) groups excluding carboxylic acids is 1. The van der Waals surface area contributed by atoms with Gasteiger partial charge in [-0.05, 0) is 17.7 Å². The molecule has 0 bridgehead atoms. The summed E-state index contributed by atoms with van der Waals surface area (Å²) in [5, 5.41) is 4.00. The zero-order valence-corrected chi connectivity index (χ0v) is 13.5. The smallest absolute Gasteiger partial charge is 0.224 e. The third-order valence-corrected chi connectivity index (χ3v) is 4.34. The molecule has 116 valence electrons. The van der Waals surface area contributed by atoms with Gasteiger partial charge in [0.1, 0.15) is 13.1 Å². The van der Waals surface area contributed by atoms with E-state index in [2.05, 4.69) is 5.32 Å². The van der Waals surface area contributed by atoms with E-state index in [4.69, 9.17) is 27.9 Å². The van der Waals surface area contributed by atoms with E-state index in [0.29, 0.717) is 22.2 Å². The quantitative estimate of drug-likeness (QED) is 0.762. The molecule has 0 radical (unpaired) electrons. The van der Waals surface area contributed by atoms with E-state index < -0.39 is 0 Å².